The van der Waals surface area contributed by atoms with Crippen LogP contribution in [-0.2, 0) is 17.8 Å². The molecule has 1 amide bonds. The van der Waals surface area contributed by atoms with Gasteiger partial charge in [-0.05, 0) is 41.8 Å². The number of aromatic carboxylic acids is 1. The van der Waals surface area contributed by atoms with E-state index in [9.17, 15) is 14.7 Å². The molecule has 124 valence electrons. The quantitative estimate of drug-likeness (QED) is 0.882. The predicted molar refractivity (Wildman–Crippen MR) is 92.5 cm³/mol. The predicted octanol–water partition coefficient (Wildman–Crippen LogP) is 4.34. The van der Waals surface area contributed by atoms with Gasteiger partial charge in [0.15, 0.2) is 0 Å². The summed E-state index contributed by atoms with van der Waals surface area (Å²) in [5.74, 6) is -1.12. The minimum absolute atomic E-state index is 0.0826. The van der Waals surface area contributed by atoms with Gasteiger partial charge in [-0.2, -0.15) is 0 Å². The molecule has 2 aromatic rings. The van der Waals surface area contributed by atoms with Gasteiger partial charge in [0.2, 0.25) is 5.91 Å². The maximum Gasteiger partial charge on any atom is 0.336 e. The molecule has 4 nitrogen and oxygen atoms in total. The maximum atomic E-state index is 12.7. The number of carboxylic acid groups (broad SMARTS) is 1. The number of hydrogen-bond donors (Lipinski definition) is 1. The van der Waals surface area contributed by atoms with E-state index in [0.717, 1.165) is 5.56 Å². The van der Waals surface area contributed by atoms with Crippen molar-refractivity contribution in [1.82, 2.24) is 4.90 Å². The second-order valence-electron chi connectivity index (χ2n) is 5.75. The number of fused-ring (bicyclic) bond motifs is 1. The normalized spacial score (nSPS) is 16.1. The van der Waals surface area contributed by atoms with Gasteiger partial charge in [0.25, 0.3) is 0 Å². The van der Waals surface area contributed by atoms with Crippen molar-refractivity contribution in [3.05, 3.63) is 68.7 Å². The third kappa shape index (κ3) is 2.87. The molecule has 0 radical (unpaired) electrons. The van der Waals surface area contributed by atoms with E-state index < -0.39 is 5.97 Å². The van der Waals surface area contributed by atoms with Crippen molar-refractivity contribution in [2.45, 2.75) is 25.9 Å². The highest BCUT2D eigenvalue weighted by atomic mass is 35.5. The van der Waals surface area contributed by atoms with Gasteiger partial charge < -0.3 is 10.0 Å². The zero-order valence-corrected chi connectivity index (χ0v) is 14.4. The van der Waals surface area contributed by atoms with E-state index in [-0.39, 0.29) is 30.5 Å². The first kappa shape index (κ1) is 16.8. The fraction of sp³-hybridized carbons (Fsp3) is 0.222. The standard InChI is InChI=1S/C18H15Cl2NO3/c1-10-11-4-2-5-12(18(23)24)14(11)9-21(10)17(22)8-13-15(19)6-3-7-16(13)20/h2-7,10H,8-9H2,1H3,(H,23,24)/t10-/m1/s1. The smallest absolute Gasteiger partial charge is 0.336 e. The van der Waals surface area contributed by atoms with Crippen molar-refractivity contribution < 1.29 is 14.7 Å². The number of nitrogens with zero attached hydrogens (tertiary/aromatic N) is 1. The molecule has 0 fully saturated rings. The van der Waals surface area contributed by atoms with Crippen LogP contribution in [0.3, 0.4) is 0 Å². The number of hydrogen-bond acceptors (Lipinski definition) is 2. The molecule has 1 atom stereocenters. The van der Waals surface area contributed by atoms with Crippen LogP contribution >= 0.6 is 23.2 Å². The topological polar surface area (TPSA) is 57.6 Å². The molecule has 1 aliphatic heterocycles. The Bertz CT molecular complexity index is 815. The molecule has 0 unspecified atom stereocenters. The van der Waals surface area contributed by atoms with Crippen LogP contribution in [0, 0.1) is 0 Å². The second-order valence-corrected chi connectivity index (χ2v) is 6.57. The third-order valence-electron chi connectivity index (χ3n) is 4.40. The first-order chi connectivity index (χ1) is 11.4. The van der Waals surface area contributed by atoms with E-state index in [0.29, 0.717) is 21.2 Å². The molecule has 1 N–H and O–H groups in total. The molecule has 0 saturated carbocycles. The average molecular weight is 364 g/mol. The summed E-state index contributed by atoms with van der Waals surface area (Å²) in [4.78, 5) is 25.8. The van der Waals surface area contributed by atoms with Gasteiger partial charge in [0.1, 0.15) is 0 Å². The van der Waals surface area contributed by atoms with E-state index in [1.165, 1.54) is 0 Å². The summed E-state index contributed by atoms with van der Waals surface area (Å²) in [5.41, 5.74) is 2.39. The van der Waals surface area contributed by atoms with Crippen molar-refractivity contribution in [3.63, 3.8) is 0 Å². The summed E-state index contributed by atoms with van der Waals surface area (Å²) in [6, 6.07) is 10.1. The minimum Gasteiger partial charge on any atom is -0.478 e. The summed E-state index contributed by atoms with van der Waals surface area (Å²) in [7, 11) is 0. The van der Waals surface area contributed by atoms with E-state index in [1.807, 2.05) is 13.0 Å². The van der Waals surface area contributed by atoms with Crippen LogP contribution in [0.25, 0.3) is 0 Å². The molecule has 0 saturated heterocycles. The van der Waals surface area contributed by atoms with E-state index in [2.05, 4.69) is 0 Å². The largest absolute Gasteiger partial charge is 0.478 e. The highest BCUT2D eigenvalue weighted by Crippen LogP contribution is 2.36. The van der Waals surface area contributed by atoms with Gasteiger partial charge in [-0.1, -0.05) is 41.4 Å². The van der Waals surface area contributed by atoms with Crippen LogP contribution in [0.1, 0.15) is 40.0 Å². The van der Waals surface area contributed by atoms with Crippen molar-refractivity contribution in [1.29, 1.82) is 0 Å². The summed E-state index contributed by atoms with van der Waals surface area (Å²) in [5, 5.41) is 10.2. The number of amides is 1. The highest BCUT2D eigenvalue weighted by molar-refractivity contribution is 6.36. The number of benzene rings is 2. The van der Waals surface area contributed by atoms with E-state index >= 15 is 0 Å². The molecule has 0 bridgehead atoms. The molecule has 1 aliphatic rings. The van der Waals surface area contributed by atoms with Gasteiger partial charge in [0, 0.05) is 16.6 Å². The van der Waals surface area contributed by atoms with Crippen molar-refractivity contribution in [3.8, 4) is 0 Å². The van der Waals surface area contributed by atoms with Gasteiger partial charge in [-0.3, -0.25) is 4.79 Å². The van der Waals surface area contributed by atoms with Gasteiger partial charge in [-0.25, -0.2) is 4.79 Å². The Labute approximate surface area is 149 Å². The lowest BCUT2D eigenvalue weighted by atomic mass is 10.0. The number of carbonyl (C=O) groups excluding carboxylic acids is 1. The summed E-state index contributed by atoms with van der Waals surface area (Å²) >= 11 is 12.3. The Balaban J connectivity index is 1.88. The van der Waals surface area contributed by atoms with Crippen LogP contribution in [0.5, 0.6) is 0 Å². The lowest BCUT2D eigenvalue weighted by molar-refractivity contribution is -0.132. The first-order valence-corrected chi connectivity index (χ1v) is 8.23. The van der Waals surface area contributed by atoms with Crippen LogP contribution in [0.2, 0.25) is 10.0 Å². The van der Waals surface area contributed by atoms with Crippen molar-refractivity contribution in [2.24, 2.45) is 0 Å². The zero-order valence-electron chi connectivity index (χ0n) is 12.9. The molecule has 1 heterocycles. The lowest BCUT2D eigenvalue weighted by Crippen LogP contribution is -2.29. The molecule has 0 spiro atoms. The van der Waals surface area contributed by atoms with Gasteiger partial charge in [-0.15, -0.1) is 0 Å². The zero-order chi connectivity index (χ0) is 17.4. The van der Waals surface area contributed by atoms with Crippen molar-refractivity contribution >= 4 is 35.1 Å². The summed E-state index contributed by atoms with van der Waals surface area (Å²) < 4.78 is 0. The Morgan fingerprint density at radius 3 is 2.42 bits per heavy atom. The Morgan fingerprint density at radius 1 is 1.17 bits per heavy atom. The molecular weight excluding hydrogens is 349 g/mol. The minimum atomic E-state index is -0.984. The molecule has 0 aliphatic carbocycles. The van der Waals surface area contributed by atoms with Crippen LogP contribution in [0.4, 0.5) is 0 Å². The second kappa shape index (κ2) is 6.46. The van der Waals surface area contributed by atoms with Crippen LogP contribution in [0.15, 0.2) is 36.4 Å². The van der Waals surface area contributed by atoms with Gasteiger partial charge in [0.05, 0.1) is 18.0 Å². The monoisotopic (exact) mass is 363 g/mol. The molecular formula is C18H15Cl2NO3. The Hall–Kier alpha value is -2.04. The fourth-order valence-corrected chi connectivity index (χ4v) is 3.64. The lowest BCUT2D eigenvalue weighted by Gasteiger charge is -2.22. The molecule has 0 aromatic heterocycles. The summed E-state index contributed by atoms with van der Waals surface area (Å²) in [6.45, 7) is 2.17. The SMILES string of the molecule is C[C@@H]1c2cccc(C(=O)O)c2CN1C(=O)Cc1c(Cl)cccc1Cl. The number of rotatable bonds is 3. The summed E-state index contributed by atoms with van der Waals surface area (Å²) in [6.07, 6.45) is 0.0826. The molecule has 6 heteroatoms. The van der Waals surface area contributed by atoms with E-state index in [1.54, 1.807) is 35.2 Å². The number of carboxylic acids is 1. The Kier molecular flexibility index (Phi) is 4.52. The number of carbonyl (C=O) groups is 2. The molecule has 24 heavy (non-hydrogen) atoms. The maximum absolute atomic E-state index is 12.7. The average Bonchev–Trinajstić information content (AvgIpc) is 2.88. The third-order valence-corrected chi connectivity index (χ3v) is 5.11. The van der Waals surface area contributed by atoms with E-state index in [4.69, 9.17) is 23.2 Å². The van der Waals surface area contributed by atoms with Crippen LogP contribution < -0.4 is 0 Å². The van der Waals surface area contributed by atoms with Gasteiger partial charge >= 0.3 is 5.97 Å². The number of halogens is 2. The fourth-order valence-electron chi connectivity index (χ4n) is 3.11. The Morgan fingerprint density at radius 2 is 1.79 bits per heavy atom. The molecule has 3 rings (SSSR count). The van der Waals surface area contributed by atoms with Crippen LogP contribution in [-0.4, -0.2) is 21.9 Å². The van der Waals surface area contributed by atoms with Crippen molar-refractivity contribution in [2.75, 3.05) is 0 Å². The highest BCUT2D eigenvalue weighted by Gasteiger charge is 2.33. The first-order valence-electron chi connectivity index (χ1n) is 7.47. The molecule has 2 aromatic carbocycles.